The normalized spacial score (nSPS) is 15.3. The number of rotatable bonds is 1. The minimum absolute atomic E-state index is 0.0522. The van der Waals surface area contributed by atoms with Gasteiger partial charge in [0, 0.05) is 12.1 Å². The molecule has 1 aromatic heterocycles. The van der Waals surface area contributed by atoms with E-state index in [2.05, 4.69) is 14.8 Å². The summed E-state index contributed by atoms with van der Waals surface area (Å²) in [7, 11) is -3.86. The maximum Gasteiger partial charge on any atom is 0.270 e. The van der Waals surface area contributed by atoms with Gasteiger partial charge in [-0.3, -0.25) is 10.1 Å². The van der Waals surface area contributed by atoms with Gasteiger partial charge < -0.3 is 0 Å². The first kappa shape index (κ1) is 10.7. The highest BCUT2D eigenvalue weighted by molar-refractivity contribution is 7.93. The van der Waals surface area contributed by atoms with Gasteiger partial charge in [0.25, 0.3) is 15.7 Å². The summed E-state index contributed by atoms with van der Waals surface area (Å²) in [5.74, 6) is 0.0522. The molecule has 0 bridgehead atoms. The summed E-state index contributed by atoms with van der Waals surface area (Å²) in [4.78, 5) is 13.5. The first-order chi connectivity index (χ1) is 8.49. The number of sulfonamides is 1. The Morgan fingerprint density at radius 1 is 1.39 bits per heavy atom. The third-order valence-electron chi connectivity index (χ3n) is 2.45. The predicted molar refractivity (Wildman–Crippen MR) is 58.8 cm³/mol. The molecular weight excluding hydrogens is 262 g/mol. The lowest BCUT2D eigenvalue weighted by Gasteiger charge is -2.17. The van der Waals surface area contributed by atoms with Crippen molar-refractivity contribution >= 4 is 21.7 Å². The van der Waals surface area contributed by atoms with Crippen LogP contribution in [-0.4, -0.2) is 28.1 Å². The smallest absolute Gasteiger partial charge is 0.258 e. The van der Waals surface area contributed by atoms with Crippen LogP contribution in [0.15, 0.2) is 29.4 Å². The zero-order chi connectivity index (χ0) is 12.9. The van der Waals surface area contributed by atoms with Crippen LogP contribution < -0.4 is 4.72 Å². The lowest BCUT2D eigenvalue weighted by molar-refractivity contribution is -0.385. The van der Waals surface area contributed by atoms with E-state index in [1.807, 2.05) is 0 Å². The van der Waals surface area contributed by atoms with E-state index in [-0.39, 0.29) is 22.2 Å². The molecule has 0 saturated heterocycles. The summed E-state index contributed by atoms with van der Waals surface area (Å²) in [6.07, 6.45) is 1.19. The van der Waals surface area contributed by atoms with E-state index in [0.717, 1.165) is 6.07 Å². The molecular formula is C8H5N5O4S. The Hall–Kier alpha value is -2.49. The molecule has 92 valence electrons. The van der Waals surface area contributed by atoms with Crippen LogP contribution in [0.1, 0.15) is 0 Å². The van der Waals surface area contributed by atoms with Crippen LogP contribution in [0.5, 0.6) is 0 Å². The zero-order valence-corrected chi connectivity index (χ0v) is 9.46. The van der Waals surface area contributed by atoms with Crippen LogP contribution in [0, 0.1) is 10.1 Å². The van der Waals surface area contributed by atoms with E-state index in [1.165, 1.54) is 23.1 Å². The van der Waals surface area contributed by atoms with Crippen molar-refractivity contribution in [3.8, 4) is 5.69 Å². The van der Waals surface area contributed by atoms with Gasteiger partial charge in [0.05, 0.1) is 10.6 Å². The van der Waals surface area contributed by atoms with E-state index < -0.39 is 14.9 Å². The van der Waals surface area contributed by atoms with Crippen molar-refractivity contribution in [2.75, 3.05) is 4.72 Å². The van der Waals surface area contributed by atoms with Gasteiger partial charge in [0.2, 0.25) is 5.95 Å². The van der Waals surface area contributed by atoms with Crippen LogP contribution >= 0.6 is 0 Å². The molecule has 3 rings (SSSR count). The molecule has 0 fully saturated rings. The first-order valence-corrected chi connectivity index (χ1v) is 6.19. The van der Waals surface area contributed by atoms with Crippen molar-refractivity contribution in [3.05, 3.63) is 34.6 Å². The number of nitrogens with one attached hydrogen (secondary N) is 1. The maximum absolute atomic E-state index is 11.9. The molecule has 10 heteroatoms. The molecule has 9 nitrogen and oxygen atoms in total. The molecule has 2 heterocycles. The Morgan fingerprint density at radius 2 is 2.17 bits per heavy atom. The van der Waals surface area contributed by atoms with Crippen LogP contribution in [0.4, 0.5) is 11.6 Å². The van der Waals surface area contributed by atoms with Crippen LogP contribution in [0.25, 0.3) is 5.69 Å². The quantitative estimate of drug-likeness (QED) is 0.585. The van der Waals surface area contributed by atoms with Crippen molar-refractivity contribution in [2.24, 2.45) is 0 Å². The zero-order valence-electron chi connectivity index (χ0n) is 8.64. The monoisotopic (exact) mass is 267 g/mol. The minimum Gasteiger partial charge on any atom is -0.258 e. The van der Waals surface area contributed by atoms with E-state index in [9.17, 15) is 18.5 Å². The van der Waals surface area contributed by atoms with Gasteiger partial charge in [-0.25, -0.2) is 13.1 Å². The van der Waals surface area contributed by atoms with E-state index in [4.69, 9.17) is 0 Å². The molecule has 1 aromatic carbocycles. The highest BCUT2D eigenvalue weighted by atomic mass is 32.2. The Kier molecular flexibility index (Phi) is 1.93. The third kappa shape index (κ3) is 1.35. The number of nitro groups is 1. The van der Waals surface area contributed by atoms with Gasteiger partial charge >= 0.3 is 0 Å². The standard InChI is InChI=1S/C8H5N5O4S/c14-13(15)5-1-2-6-7(3-5)18(16,17)11-8-9-4-10-12(6)8/h1-4H,(H,9,10,11). The summed E-state index contributed by atoms with van der Waals surface area (Å²) < 4.78 is 27.2. The molecule has 18 heavy (non-hydrogen) atoms. The lowest BCUT2D eigenvalue weighted by Crippen LogP contribution is -2.23. The van der Waals surface area contributed by atoms with E-state index in [1.54, 1.807) is 0 Å². The highest BCUT2D eigenvalue weighted by Gasteiger charge is 2.30. The molecule has 0 aliphatic carbocycles. The molecule has 0 saturated carbocycles. The summed E-state index contributed by atoms with van der Waals surface area (Å²) in [5, 5.41) is 14.5. The summed E-state index contributed by atoms with van der Waals surface area (Å²) in [5.41, 5.74) is -0.0745. The number of benzene rings is 1. The van der Waals surface area contributed by atoms with Crippen molar-refractivity contribution in [1.29, 1.82) is 0 Å². The SMILES string of the molecule is O=[N+]([O-])c1ccc2c(c1)S(=O)(=O)Nc1ncnn1-2. The number of nitrogens with zero attached hydrogens (tertiary/aromatic N) is 4. The van der Waals surface area contributed by atoms with Crippen LogP contribution in [0.3, 0.4) is 0 Å². The average molecular weight is 267 g/mol. The number of hydrogen-bond donors (Lipinski definition) is 1. The number of aromatic nitrogens is 3. The lowest BCUT2D eigenvalue weighted by atomic mass is 10.3. The van der Waals surface area contributed by atoms with Gasteiger partial charge in [-0.2, -0.15) is 14.8 Å². The van der Waals surface area contributed by atoms with E-state index in [0.29, 0.717) is 0 Å². The van der Waals surface area contributed by atoms with Crippen molar-refractivity contribution in [2.45, 2.75) is 4.90 Å². The number of hydrogen-bond acceptors (Lipinski definition) is 6. The van der Waals surface area contributed by atoms with Gasteiger partial charge in [-0.15, -0.1) is 0 Å². The number of anilines is 1. The fraction of sp³-hybridized carbons (Fsp3) is 0. The Labute approximate surface area is 100 Å². The second kappa shape index (κ2) is 3.26. The molecule has 2 aromatic rings. The van der Waals surface area contributed by atoms with E-state index >= 15 is 0 Å². The Balaban J connectivity index is 2.35. The molecule has 0 unspecified atom stereocenters. The first-order valence-electron chi connectivity index (χ1n) is 4.71. The minimum atomic E-state index is -3.86. The topological polar surface area (TPSA) is 120 Å². The Bertz CT molecular complexity index is 766. The predicted octanol–water partition coefficient (Wildman–Crippen LogP) is 0.290. The summed E-state index contributed by atoms with van der Waals surface area (Å²) in [6.45, 7) is 0. The average Bonchev–Trinajstić information content (AvgIpc) is 2.75. The third-order valence-corrected chi connectivity index (χ3v) is 3.80. The van der Waals surface area contributed by atoms with Crippen LogP contribution in [0.2, 0.25) is 0 Å². The van der Waals surface area contributed by atoms with Gasteiger partial charge in [0.1, 0.15) is 11.2 Å². The van der Waals surface area contributed by atoms with Gasteiger partial charge in [-0.05, 0) is 6.07 Å². The largest absolute Gasteiger partial charge is 0.270 e. The van der Waals surface area contributed by atoms with Crippen molar-refractivity contribution < 1.29 is 13.3 Å². The highest BCUT2D eigenvalue weighted by Crippen LogP contribution is 2.31. The molecule has 0 amide bonds. The molecule has 0 atom stereocenters. The maximum atomic E-state index is 11.9. The molecule has 0 radical (unpaired) electrons. The second-order valence-electron chi connectivity index (χ2n) is 3.51. The number of nitro benzene ring substituents is 1. The summed E-state index contributed by atoms with van der Waals surface area (Å²) in [6, 6.07) is 3.53. The van der Waals surface area contributed by atoms with Gasteiger partial charge in [-0.1, -0.05) is 0 Å². The Morgan fingerprint density at radius 3 is 2.89 bits per heavy atom. The molecule has 1 N–H and O–H groups in total. The number of fused-ring (bicyclic) bond motifs is 3. The molecule has 1 aliphatic heterocycles. The summed E-state index contributed by atoms with van der Waals surface area (Å²) >= 11 is 0. The number of non-ortho nitro benzene ring substituents is 1. The second-order valence-corrected chi connectivity index (χ2v) is 5.16. The van der Waals surface area contributed by atoms with Crippen LogP contribution in [-0.2, 0) is 10.0 Å². The van der Waals surface area contributed by atoms with Crippen molar-refractivity contribution in [3.63, 3.8) is 0 Å². The fourth-order valence-corrected chi connectivity index (χ4v) is 2.86. The fourth-order valence-electron chi connectivity index (χ4n) is 1.67. The molecule has 0 spiro atoms. The van der Waals surface area contributed by atoms with Gasteiger partial charge in [0.15, 0.2) is 0 Å². The molecule has 1 aliphatic rings. The van der Waals surface area contributed by atoms with Crippen molar-refractivity contribution in [1.82, 2.24) is 14.8 Å².